The average molecular weight is 284 g/mol. The molecule has 1 N–H and O–H groups in total. The van der Waals surface area contributed by atoms with Crippen molar-refractivity contribution in [1.29, 1.82) is 0 Å². The molecule has 0 radical (unpaired) electrons. The average Bonchev–Trinajstić information content (AvgIpc) is 2.49. The van der Waals surface area contributed by atoms with E-state index in [1.165, 1.54) is 11.6 Å². The zero-order valence-corrected chi connectivity index (χ0v) is 12.4. The summed E-state index contributed by atoms with van der Waals surface area (Å²) >= 11 is 0. The summed E-state index contributed by atoms with van der Waals surface area (Å²) in [5.41, 5.74) is 2.86. The number of hydrogen-bond donors (Lipinski definition) is 1. The maximum Gasteiger partial charge on any atom is 0.274 e. The molecule has 4 nitrogen and oxygen atoms in total. The molecule has 0 saturated carbocycles. The highest BCUT2D eigenvalue weighted by Gasteiger charge is 2.16. The molecule has 0 fully saturated rings. The fourth-order valence-electron chi connectivity index (χ4n) is 2.46. The molecule has 0 aliphatic carbocycles. The third-order valence-electron chi connectivity index (χ3n) is 3.61. The lowest BCUT2D eigenvalue weighted by atomic mass is 10.0. The molecule has 2 rings (SSSR count). The van der Waals surface area contributed by atoms with Crippen molar-refractivity contribution in [3.63, 3.8) is 0 Å². The van der Waals surface area contributed by atoms with Gasteiger partial charge in [-0.25, -0.2) is 0 Å². The highest BCUT2D eigenvalue weighted by Crippen LogP contribution is 2.30. The lowest BCUT2D eigenvalue weighted by Crippen LogP contribution is -2.11. The Hall–Kier alpha value is -2.36. The van der Waals surface area contributed by atoms with Gasteiger partial charge in [0.05, 0.1) is 11.0 Å². The second-order valence-corrected chi connectivity index (χ2v) is 5.10. The second-order valence-electron chi connectivity index (χ2n) is 5.10. The standard InChI is InChI=1S/C17H20N2O2/c1-3-8-16(14-9-5-4-6-10-14)18-15-11-7-12-17(13(15)2)19(20)21/h4-7,9-12,16,18H,3,8H2,1-2H3. The molecule has 21 heavy (non-hydrogen) atoms. The van der Waals surface area contributed by atoms with E-state index in [1.54, 1.807) is 13.0 Å². The zero-order chi connectivity index (χ0) is 15.2. The highest BCUT2D eigenvalue weighted by molar-refractivity contribution is 5.60. The van der Waals surface area contributed by atoms with Gasteiger partial charge in [-0.2, -0.15) is 0 Å². The molecule has 0 spiro atoms. The number of rotatable bonds is 6. The van der Waals surface area contributed by atoms with Gasteiger partial charge in [-0.1, -0.05) is 49.7 Å². The molecule has 0 aliphatic rings. The first-order valence-electron chi connectivity index (χ1n) is 7.19. The van der Waals surface area contributed by atoms with Gasteiger partial charge >= 0.3 is 0 Å². The number of nitro benzene ring substituents is 1. The quantitative estimate of drug-likeness (QED) is 0.609. The number of nitrogens with zero attached hydrogens (tertiary/aromatic N) is 1. The van der Waals surface area contributed by atoms with Crippen LogP contribution in [0.15, 0.2) is 48.5 Å². The SMILES string of the molecule is CCCC(Nc1cccc([N+](=O)[O-])c1C)c1ccccc1. The zero-order valence-electron chi connectivity index (χ0n) is 12.4. The Balaban J connectivity index is 2.30. The third kappa shape index (κ3) is 3.60. The fraction of sp³-hybridized carbons (Fsp3) is 0.294. The molecular formula is C17H20N2O2. The van der Waals surface area contributed by atoms with E-state index >= 15 is 0 Å². The first-order valence-corrected chi connectivity index (χ1v) is 7.19. The van der Waals surface area contributed by atoms with Crippen LogP contribution in [0.2, 0.25) is 0 Å². The van der Waals surface area contributed by atoms with Crippen molar-refractivity contribution in [2.45, 2.75) is 32.7 Å². The number of nitrogens with one attached hydrogen (secondary N) is 1. The van der Waals surface area contributed by atoms with Gasteiger partial charge < -0.3 is 5.32 Å². The summed E-state index contributed by atoms with van der Waals surface area (Å²) in [6.45, 7) is 3.92. The highest BCUT2D eigenvalue weighted by atomic mass is 16.6. The van der Waals surface area contributed by atoms with E-state index in [1.807, 2.05) is 24.3 Å². The number of benzene rings is 2. The first kappa shape index (κ1) is 15.0. The van der Waals surface area contributed by atoms with Gasteiger partial charge in [0.1, 0.15) is 0 Å². The Morgan fingerprint density at radius 1 is 1.14 bits per heavy atom. The molecule has 0 aromatic heterocycles. The Bertz CT molecular complexity index is 611. The lowest BCUT2D eigenvalue weighted by molar-refractivity contribution is -0.385. The summed E-state index contributed by atoms with van der Waals surface area (Å²) in [6, 6.07) is 15.5. The van der Waals surface area contributed by atoms with Crippen LogP contribution in [0.1, 0.15) is 36.9 Å². The summed E-state index contributed by atoms with van der Waals surface area (Å²) in [5, 5.41) is 14.5. The largest absolute Gasteiger partial charge is 0.378 e. The molecular weight excluding hydrogens is 264 g/mol. The minimum Gasteiger partial charge on any atom is -0.378 e. The topological polar surface area (TPSA) is 55.2 Å². The molecule has 1 atom stereocenters. The minimum absolute atomic E-state index is 0.156. The van der Waals surface area contributed by atoms with E-state index in [4.69, 9.17) is 0 Å². The van der Waals surface area contributed by atoms with Crippen LogP contribution in [-0.4, -0.2) is 4.92 Å². The Kier molecular flexibility index (Phi) is 4.93. The van der Waals surface area contributed by atoms with Crippen molar-refractivity contribution in [3.05, 3.63) is 69.8 Å². The van der Waals surface area contributed by atoms with Gasteiger partial charge in [-0.3, -0.25) is 10.1 Å². The van der Waals surface area contributed by atoms with Crippen LogP contribution in [-0.2, 0) is 0 Å². The monoisotopic (exact) mass is 284 g/mol. The van der Waals surface area contributed by atoms with Crippen LogP contribution in [0.25, 0.3) is 0 Å². The van der Waals surface area contributed by atoms with E-state index in [9.17, 15) is 10.1 Å². The number of hydrogen-bond acceptors (Lipinski definition) is 3. The molecule has 110 valence electrons. The maximum atomic E-state index is 11.0. The summed E-state index contributed by atoms with van der Waals surface area (Å²) in [7, 11) is 0. The van der Waals surface area contributed by atoms with Gasteiger partial charge in [-0.15, -0.1) is 0 Å². The van der Waals surface area contributed by atoms with Crippen LogP contribution in [0.3, 0.4) is 0 Å². The van der Waals surface area contributed by atoms with E-state index in [-0.39, 0.29) is 16.7 Å². The summed E-state index contributed by atoms with van der Waals surface area (Å²) < 4.78 is 0. The molecule has 0 bridgehead atoms. The van der Waals surface area contributed by atoms with Gasteiger partial charge in [0.25, 0.3) is 5.69 Å². The van der Waals surface area contributed by atoms with E-state index < -0.39 is 0 Å². The maximum absolute atomic E-state index is 11.0. The molecule has 0 amide bonds. The normalized spacial score (nSPS) is 11.9. The van der Waals surface area contributed by atoms with E-state index in [2.05, 4.69) is 24.4 Å². The smallest absolute Gasteiger partial charge is 0.274 e. The summed E-state index contributed by atoms with van der Waals surface area (Å²) in [6.07, 6.45) is 2.02. The molecule has 2 aromatic rings. The predicted molar refractivity (Wildman–Crippen MR) is 85.5 cm³/mol. The fourth-order valence-corrected chi connectivity index (χ4v) is 2.46. The number of nitro groups is 1. The number of anilines is 1. The van der Waals surface area contributed by atoms with E-state index in [0.717, 1.165) is 18.5 Å². The van der Waals surface area contributed by atoms with Crippen molar-refractivity contribution >= 4 is 11.4 Å². The minimum atomic E-state index is -0.335. The van der Waals surface area contributed by atoms with Crippen molar-refractivity contribution in [2.75, 3.05) is 5.32 Å². The van der Waals surface area contributed by atoms with Crippen LogP contribution in [0.5, 0.6) is 0 Å². The van der Waals surface area contributed by atoms with Crippen LogP contribution < -0.4 is 5.32 Å². The molecule has 1 unspecified atom stereocenters. The Labute approximate surface area is 125 Å². The van der Waals surface area contributed by atoms with Crippen molar-refractivity contribution < 1.29 is 4.92 Å². The van der Waals surface area contributed by atoms with Crippen molar-refractivity contribution in [2.24, 2.45) is 0 Å². The van der Waals surface area contributed by atoms with Gasteiger partial charge in [0.15, 0.2) is 0 Å². The van der Waals surface area contributed by atoms with E-state index in [0.29, 0.717) is 5.56 Å². The Morgan fingerprint density at radius 3 is 2.48 bits per heavy atom. The van der Waals surface area contributed by atoms with Crippen molar-refractivity contribution in [3.8, 4) is 0 Å². The molecule has 4 heteroatoms. The molecule has 0 heterocycles. The van der Waals surface area contributed by atoms with Crippen LogP contribution >= 0.6 is 0 Å². The summed E-state index contributed by atoms with van der Waals surface area (Å²) in [5.74, 6) is 0. The Morgan fingerprint density at radius 2 is 1.86 bits per heavy atom. The predicted octanol–water partition coefficient (Wildman–Crippen LogP) is 4.86. The van der Waals surface area contributed by atoms with Crippen LogP contribution in [0, 0.1) is 17.0 Å². The third-order valence-corrected chi connectivity index (χ3v) is 3.61. The van der Waals surface area contributed by atoms with Crippen LogP contribution in [0.4, 0.5) is 11.4 Å². The molecule has 0 aliphatic heterocycles. The first-order chi connectivity index (χ1) is 10.1. The second kappa shape index (κ2) is 6.88. The van der Waals surface area contributed by atoms with Crippen molar-refractivity contribution in [1.82, 2.24) is 0 Å². The van der Waals surface area contributed by atoms with Gasteiger partial charge in [0, 0.05) is 17.3 Å². The molecule has 0 saturated heterocycles. The summed E-state index contributed by atoms with van der Waals surface area (Å²) in [4.78, 5) is 10.7. The molecule has 2 aromatic carbocycles. The lowest BCUT2D eigenvalue weighted by Gasteiger charge is -2.21. The van der Waals surface area contributed by atoms with Gasteiger partial charge in [0.2, 0.25) is 0 Å². The van der Waals surface area contributed by atoms with Gasteiger partial charge in [-0.05, 0) is 25.0 Å².